The summed E-state index contributed by atoms with van der Waals surface area (Å²) in [6.45, 7) is 1.39. The van der Waals surface area contributed by atoms with Crippen molar-refractivity contribution >= 4 is 17.7 Å². The molecule has 0 atom stereocenters. The largest absolute Gasteiger partial charge is 0.480 e. The zero-order chi connectivity index (χ0) is 11.4. The zero-order valence-electron chi connectivity index (χ0n) is 8.15. The van der Waals surface area contributed by atoms with Gasteiger partial charge in [0.15, 0.2) is 0 Å². The van der Waals surface area contributed by atoms with Gasteiger partial charge in [0.1, 0.15) is 12.4 Å². The van der Waals surface area contributed by atoms with Crippen molar-refractivity contribution in [1.82, 2.24) is 4.98 Å². The van der Waals surface area contributed by atoms with E-state index >= 15 is 0 Å². The van der Waals surface area contributed by atoms with Gasteiger partial charge in [-0.1, -0.05) is 0 Å². The fraction of sp³-hybridized carbons (Fsp3) is 0.222. The molecule has 0 saturated carbocycles. The Hall–Kier alpha value is -2.11. The fourth-order valence-electron chi connectivity index (χ4n) is 1.16. The minimum absolute atomic E-state index is 0.199. The van der Waals surface area contributed by atoms with Crippen molar-refractivity contribution in [3.05, 3.63) is 23.4 Å². The van der Waals surface area contributed by atoms with Crippen LogP contribution >= 0.6 is 0 Å². The number of aliphatic carboxylic acids is 1. The van der Waals surface area contributed by atoms with Crippen LogP contribution in [0.4, 0.5) is 5.82 Å². The molecule has 1 aromatic rings. The molecule has 15 heavy (non-hydrogen) atoms. The number of carbonyl (C=O) groups is 2. The molecule has 1 aromatic heterocycles. The van der Waals surface area contributed by atoms with Crippen LogP contribution in [-0.4, -0.2) is 28.5 Å². The number of amides is 1. The second-order valence-corrected chi connectivity index (χ2v) is 2.96. The first kappa shape index (κ1) is 11.0. The number of anilines is 1. The van der Waals surface area contributed by atoms with E-state index in [2.05, 4.69) is 10.3 Å². The molecule has 0 bridgehead atoms. The molecule has 0 aliphatic heterocycles. The highest BCUT2D eigenvalue weighted by Crippen LogP contribution is 2.15. The smallest absolute Gasteiger partial charge is 0.322 e. The van der Waals surface area contributed by atoms with Crippen LogP contribution in [0.15, 0.2) is 12.3 Å². The van der Waals surface area contributed by atoms with Gasteiger partial charge in [0, 0.05) is 6.20 Å². The maximum atomic E-state index is 11.1. The summed E-state index contributed by atoms with van der Waals surface area (Å²) in [4.78, 5) is 25.3. The molecular formula is C9H11N3O3. The minimum atomic E-state index is -1.03. The second-order valence-electron chi connectivity index (χ2n) is 2.96. The van der Waals surface area contributed by atoms with Gasteiger partial charge >= 0.3 is 5.97 Å². The number of carbonyl (C=O) groups excluding carboxylic acids is 1. The third-order valence-electron chi connectivity index (χ3n) is 1.81. The number of rotatable bonds is 4. The third kappa shape index (κ3) is 2.67. The number of carboxylic acids is 1. The summed E-state index contributed by atoms with van der Waals surface area (Å²) < 4.78 is 0. The van der Waals surface area contributed by atoms with Crippen molar-refractivity contribution in [2.24, 2.45) is 5.73 Å². The van der Waals surface area contributed by atoms with Crippen molar-refractivity contribution in [3.8, 4) is 0 Å². The van der Waals surface area contributed by atoms with E-state index in [0.717, 1.165) is 0 Å². The maximum absolute atomic E-state index is 11.1. The molecule has 0 spiro atoms. The average molecular weight is 209 g/mol. The molecule has 1 heterocycles. The Morgan fingerprint density at radius 2 is 2.27 bits per heavy atom. The van der Waals surface area contributed by atoms with E-state index in [9.17, 15) is 9.59 Å². The molecule has 6 nitrogen and oxygen atoms in total. The van der Waals surface area contributed by atoms with E-state index in [1.165, 1.54) is 6.20 Å². The van der Waals surface area contributed by atoms with Crippen LogP contribution in [-0.2, 0) is 4.79 Å². The lowest BCUT2D eigenvalue weighted by Gasteiger charge is -2.08. The number of nitrogens with two attached hydrogens (primary N) is 1. The molecule has 0 aliphatic carbocycles. The van der Waals surface area contributed by atoms with Crippen molar-refractivity contribution in [3.63, 3.8) is 0 Å². The lowest BCUT2D eigenvalue weighted by molar-refractivity contribution is -0.134. The van der Waals surface area contributed by atoms with Gasteiger partial charge in [-0.25, -0.2) is 4.98 Å². The predicted octanol–water partition coefficient (Wildman–Crippen LogP) is -0.0146. The highest BCUT2D eigenvalue weighted by atomic mass is 16.4. The van der Waals surface area contributed by atoms with Gasteiger partial charge in [-0.15, -0.1) is 0 Å². The Bertz CT molecular complexity index is 404. The molecule has 80 valence electrons. The monoisotopic (exact) mass is 209 g/mol. The molecule has 4 N–H and O–H groups in total. The number of pyridine rings is 1. The quantitative estimate of drug-likeness (QED) is 0.646. The van der Waals surface area contributed by atoms with Crippen molar-refractivity contribution < 1.29 is 14.7 Å². The zero-order valence-corrected chi connectivity index (χ0v) is 8.15. The number of hydrogen-bond donors (Lipinski definition) is 3. The number of aromatic nitrogens is 1. The molecule has 0 fully saturated rings. The maximum Gasteiger partial charge on any atom is 0.322 e. The second kappa shape index (κ2) is 4.41. The first-order valence-corrected chi connectivity index (χ1v) is 4.23. The number of aryl methyl sites for hydroxylation is 1. The highest BCUT2D eigenvalue weighted by Gasteiger charge is 2.12. The Balaban J connectivity index is 3.01. The summed E-state index contributed by atoms with van der Waals surface area (Å²) in [5, 5.41) is 11.0. The van der Waals surface area contributed by atoms with Gasteiger partial charge in [0.25, 0.3) is 5.91 Å². The lowest BCUT2D eigenvalue weighted by atomic mass is 10.1. The Labute approximate surface area is 86.1 Å². The van der Waals surface area contributed by atoms with Crippen LogP contribution in [0.25, 0.3) is 0 Å². The first-order chi connectivity index (χ1) is 7.02. The molecule has 0 unspecified atom stereocenters. The molecule has 6 heteroatoms. The van der Waals surface area contributed by atoms with Gasteiger partial charge in [-0.3, -0.25) is 9.59 Å². The van der Waals surface area contributed by atoms with E-state index in [1.807, 2.05) is 0 Å². The highest BCUT2D eigenvalue weighted by molar-refractivity contribution is 5.99. The Morgan fingerprint density at radius 3 is 2.80 bits per heavy atom. The lowest BCUT2D eigenvalue weighted by Crippen LogP contribution is -2.20. The van der Waals surface area contributed by atoms with Gasteiger partial charge in [-0.2, -0.15) is 0 Å². The van der Waals surface area contributed by atoms with E-state index < -0.39 is 11.9 Å². The summed E-state index contributed by atoms with van der Waals surface area (Å²) >= 11 is 0. The number of nitrogens with zero attached hydrogens (tertiary/aromatic N) is 1. The first-order valence-electron chi connectivity index (χ1n) is 4.23. The molecule has 0 saturated heterocycles. The molecule has 1 amide bonds. The third-order valence-corrected chi connectivity index (χ3v) is 1.81. The van der Waals surface area contributed by atoms with Gasteiger partial charge < -0.3 is 16.2 Å². The SMILES string of the molecule is Cc1ccnc(NCC(=O)O)c1C(N)=O. The van der Waals surface area contributed by atoms with Crippen LogP contribution < -0.4 is 11.1 Å². The number of hydrogen-bond acceptors (Lipinski definition) is 4. The Morgan fingerprint density at radius 1 is 1.60 bits per heavy atom. The molecule has 0 aliphatic rings. The van der Waals surface area contributed by atoms with E-state index in [4.69, 9.17) is 10.8 Å². The number of primary amides is 1. The van der Waals surface area contributed by atoms with Crippen molar-refractivity contribution in [2.75, 3.05) is 11.9 Å². The average Bonchev–Trinajstić information content (AvgIpc) is 2.13. The summed E-state index contributed by atoms with van der Waals surface area (Å²) in [6.07, 6.45) is 1.48. The van der Waals surface area contributed by atoms with Gasteiger partial charge in [-0.05, 0) is 18.6 Å². The van der Waals surface area contributed by atoms with Crippen LogP contribution in [0.1, 0.15) is 15.9 Å². The topological polar surface area (TPSA) is 105 Å². The van der Waals surface area contributed by atoms with Crippen molar-refractivity contribution in [2.45, 2.75) is 6.92 Å². The van der Waals surface area contributed by atoms with Gasteiger partial charge in [0.05, 0.1) is 5.56 Å². The number of nitrogens with one attached hydrogen (secondary N) is 1. The molecule has 0 radical (unpaired) electrons. The van der Waals surface area contributed by atoms with Crippen molar-refractivity contribution in [1.29, 1.82) is 0 Å². The van der Waals surface area contributed by atoms with Crippen LogP contribution in [0, 0.1) is 6.92 Å². The van der Waals surface area contributed by atoms with Crippen LogP contribution in [0.5, 0.6) is 0 Å². The summed E-state index contributed by atoms with van der Waals surface area (Å²) in [7, 11) is 0. The molecule has 0 aromatic carbocycles. The summed E-state index contributed by atoms with van der Waals surface area (Å²) in [6, 6.07) is 1.63. The standard InChI is InChI=1S/C9H11N3O3/c1-5-2-3-11-9(7(5)8(10)15)12-4-6(13)14/h2-3H,4H2,1H3,(H2,10,15)(H,11,12)(H,13,14). The minimum Gasteiger partial charge on any atom is -0.480 e. The molecular weight excluding hydrogens is 198 g/mol. The van der Waals surface area contributed by atoms with Gasteiger partial charge in [0.2, 0.25) is 0 Å². The predicted molar refractivity (Wildman–Crippen MR) is 53.6 cm³/mol. The summed E-state index contributed by atoms with van der Waals surface area (Å²) in [5.74, 6) is -1.47. The normalized spacial score (nSPS) is 9.67. The van der Waals surface area contributed by atoms with Crippen LogP contribution in [0.2, 0.25) is 0 Å². The number of carboxylic acid groups (broad SMARTS) is 1. The fourth-order valence-corrected chi connectivity index (χ4v) is 1.16. The summed E-state index contributed by atoms with van der Waals surface area (Å²) in [5.41, 5.74) is 6.03. The molecule has 1 rings (SSSR count). The van der Waals surface area contributed by atoms with E-state index in [1.54, 1.807) is 13.0 Å². The van der Waals surface area contributed by atoms with Crippen LogP contribution in [0.3, 0.4) is 0 Å². The van der Waals surface area contributed by atoms with E-state index in [-0.39, 0.29) is 17.9 Å². The Kier molecular flexibility index (Phi) is 3.22. The van der Waals surface area contributed by atoms with E-state index in [0.29, 0.717) is 5.56 Å².